The van der Waals surface area contributed by atoms with E-state index in [1.165, 1.54) is 12.8 Å². The second-order valence-electron chi connectivity index (χ2n) is 6.51. The van der Waals surface area contributed by atoms with Gasteiger partial charge in [0.1, 0.15) is 11.4 Å². The van der Waals surface area contributed by atoms with Crippen molar-refractivity contribution >= 4 is 16.8 Å². The zero-order chi connectivity index (χ0) is 16.5. The molecule has 1 saturated carbocycles. The van der Waals surface area contributed by atoms with E-state index < -0.39 is 0 Å². The molecule has 1 aliphatic carbocycles. The van der Waals surface area contributed by atoms with Crippen molar-refractivity contribution in [2.75, 3.05) is 20.3 Å². The Morgan fingerprint density at radius 1 is 1.25 bits per heavy atom. The Bertz CT molecular complexity index is 759. The summed E-state index contributed by atoms with van der Waals surface area (Å²) in [5.41, 5.74) is 1.33. The molecule has 2 fully saturated rings. The van der Waals surface area contributed by atoms with Crippen LogP contribution in [-0.4, -0.2) is 48.2 Å². The molecule has 1 aliphatic heterocycles. The first kappa shape index (κ1) is 15.4. The van der Waals surface area contributed by atoms with Crippen LogP contribution in [-0.2, 0) is 4.74 Å². The quantitative estimate of drug-likeness (QED) is 0.851. The smallest absolute Gasteiger partial charge is 0.272 e. The van der Waals surface area contributed by atoms with Gasteiger partial charge in [0.15, 0.2) is 0 Å². The third-order valence-electron chi connectivity index (χ3n) is 5.11. The van der Waals surface area contributed by atoms with Gasteiger partial charge in [-0.15, -0.1) is 0 Å². The number of methoxy groups -OCH3 is 1. The number of hydrogen-bond acceptors (Lipinski definition) is 4. The molecule has 0 spiro atoms. The highest BCUT2D eigenvalue weighted by atomic mass is 16.5. The standard InChI is InChI=1S/C19H22N2O3/c1-23-14-7-9-15-13(12-14)6-8-16(20-15)19(22)21-10-11-24-18-5-3-2-4-17(18)21/h6-9,12,17-18H,2-5,10-11H2,1H3/t17-,18+/m0/s1. The molecule has 1 aromatic heterocycles. The van der Waals surface area contributed by atoms with Crippen LogP contribution in [0.2, 0.25) is 0 Å². The third-order valence-corrected chi connectivity index (χ3v) is 5.11. The van der Waals surface area contributed by atoms with Gasteiger partial charge in [-0.05, 0) is 37.1 Å². The molecule has 24 heavy (non-hydrogen) atoms. The van der Waals surface area contributed by atoms with Crippen molar-refractivity contribution in [1.29, 1.82) is 0 Å². The second kappa shape index (κ2) is 6.40. The SMILES string of the molecule is COc1ccc2nc(C(=O)N3CCO[C@@H]4CCCC[C@@H]43)ccc2c1. The molecule has 0 radical (unpaired) electrons. The van der Waals surface area contributed by atoms with E-state index in [-0.39, 0.29) is 18.1 Å². The second-order valence-corrected chi connectivity index (χ2v) is 6.51. The molecule has 126 valence electrons. The zero-order valence-corrected chi connectivity index (χ0v) is 13.9. The van der Waals surface area contributed by atoms with Gasteiger partial charge in [0.05, 0.1) is 31.4 Å². The minimum absolute atomic E-state index is 0.0212. The van der Waals surface area contributed by atoms with Gasteiger partial charge in [0.2, 0.25) is 0 Å². The van der Waals surface area contributed by atoms with Crippen molar-refractivity contribution in [2.45, 2.75) is 37.8 Å². The van der Waals surface area contributed by atoms with E-state index in [4.69, 9.17) is 9.47 Å². The number of fused-ring (bicyclic) bond motifs is 2. The van der Waals surface area contributed by atoms with Crippen molar-refractivity contribution in [3.63, 3.8) is 0 Å². The molecule has 1 amide bonds. The Hall–Kier alpha value is -2.14. The Kier molecular flexibility index (Phi) is 4.10. The van der Waals surface area contributed by atoms with Gasteiger partial charge >= 0.3 is 0 Å². The molecule has 4 rings (SSSR count). The Labute approximate surface area is 141 Å². The molecule has 5 heteroatoms. The van der Waals surface area contributed by atoms with E-state index in [2.05, 4.69) is 4.98 Å². The molecule has 0 N–H and O–H groups in total. The summed E-state index contributed by atoms with van der Waals surface area (Å²) < 4.78 is 11.1. The molecule has 5 nitrogen and oxygen atoms in total. The summed E-state index contributed by atoms with van der Waals surface area (Å²) in [6, 6.07) is 9.66. The topological polar surface area (TPSA) is 51.7 Å². The Morgan fingerprint density at radius 2 is 2.12 bits per heavy atom. The van der Waals surface area contributed by atoms with E-state index in [1.54, 1.807) is 7.11 Å². The van der Waals surface area contributed by atoms with Crippen LogP contribution in [0.25, 0.3) is 10.9 Å². The Morgan fingerprint density at radius 3 is 3.00 bits per heavy atom. The van der Waals surface area contributed by atoms with Gasteiger partial charge in [0.25, 0.3) is 5.91 Å². The van der Waals surface area contributed by atoms with Crippen molar-refractivity contribution in [1.82, 2.24) is 9.88 Å². The molecule has 1 aromatic carbocycles. The maximum atomic E-state index is 13.0. The number of morpholine rings is 1. The maximum Gasteiger partial charge on any atom is 0.272 e. The highest BCUT2D eigenvalue weighted by Gasteiger charge is 2.37. The number of ether oxygens (including phenoxy) is 2. The molecule has 0 unspecified atom stereocenters. The summed E-state index contributed by atoms with van der Waals surface area (Å²) in [5, 5.41) is 0.975. The lowest BCUT2D eigenvalue weighted by atomic mass is 9.90. The highest BCUT2D eigenvalue weighted by Crippen LogP contribution is 2.29. The molecule has 0 bridgehead atoms. The fraction of sp³-hybridized carbons (Fsp3) is 0.474. The number of amides is 1. The number of hydrogen-bond donors (Lipinski definition) is 0. The largest absolute Gasteiger partial charge is 0.497 e. The van der Waals surface area contributed by atoms with Gasteiger partial charge in [-0.3, -0.25) is 4.79 Å². The third kappa shape index (κ3) is 2.73. The highest BCUT2D eigenvalue weighted by molar-refractivity contribution is 5.95. The number of benzene rings is 1. The van der Waals surface area contributed by atoms with Crippen molar-refractivity contribution < 1.29 is 14.3 Å². The minimum atomic E-state index is 0.0212. The number of rotatable bonds is 2. The van der Waals surface area contributed by atoms with Crippen LogP contribution in [0.5, 0.6) is 5.75 Å². The zero-order valence-electron chi connectivity index (χ0n) is 13.9. The number of aromatic nitrogens is 1. The van der Waals surface area contributed by atoms with E-state index in [0.717, 1.165) is 29.5 Å². The molecule has 2 atom stereocenters. The van der Waals surface area contributed by atoms with Gasteiger partial charge < -0.3 is 14.4 Å². The Balaban J connectivity index is 1.62. The molecule has 1 saturated heterocycles. The van der Waals surface area contributed by atoms with Crippen molar-refractivity contribution in [2.24, 2.45) is 0 Å². The van der Waals surface area contributed by atoms with E-state index in [1.807, 2.05) is 35.2 Å². The summed E-state index contributed by atoms with van der Waals surface area (Å²) >= 11 is 0. The van der Waals surface area contributed by atoms with E-state index >= 15 is 0 Å². The van der Waals surface area contributed by atoms with Crippen LogP contribution in [0.15, 0.2) is 30.3 Å². The minimum Gasteiger partial charge on any atom is -0.497 e. The van der Waals surface area contributed by atoms with Gasteiger partial charge in [-0.2, -0.15) is 0 Å². The van der Waals surface area contributed by atoms with Gasteiger partial charge in [-0.1, -0.05) is 18.9 Å². The summed E-state index contributed by atoms with van der Waals surface area (Å²) in [7, 11) is 1.64. The lowest BCUT2D eigenvalue weighted by molar-refractivity contribution is -0.0754. The van der Waals surface area contributed by atoms with Crippen LogP contribution in [0.1, 0.15) is 36.2 Å². The molecule has 2 aliphatic rings. The first-order valence-corrected chi connectivity index (χ1v) is 8.63. The summed E-state index contributed by atoms with van der Waals surface area (Å²) in [6.45, 7) is 1.28. The maximum absolute atomic E-state index is 13.0. The average molecular weight is 326 g/mol. The number of pyridine rings is 1. The summed E-state index contributed by atoms with van der Waals surface area (Å²) in [4.78, 5) is 19.6. The van der Waals surface area contributed by atoms with Crippen LogP contribution >= 0.6 is 0 Å². The van der Waals surface area contributed by atoms with Crippen LogP contribution in [0, 0.1) is 0 Å². The lowest BCUT2D eigenvalue weighted by Gasteiger charge is -2.43. The van der Waals surface area contributed by atoms with Gasteiger partial charge in [-0.25, -0.2) is 4.98 Å². The predicted octanol–water partition coefficient (Wildman–Crippen LogP) is 3.03. The molecule has 2 aromatic rings. The van der Waals surface area contributed by atoms with E-state index in [0.29, 0.717) is 18.8 Å². The van der Waals surface area contributed by atoms with Crippen LogP contribution in [0.4, 0.5) is 0 Å². The normalized spacial score (nSPS) is 23.8. The lowest BCUT2D eigenvalue weighted by Crippen LogP contribution is -2.54. The molecular formula is C19H22N2O3. The van der Waals surface area contributed by atoms with Crippen LogP contribution < -0.4 is 4.74 Å². The fourth-order valence-corrected chi connectivity index (χ4v) is 3.85. The van der Waals surface area contributed by atoms with Crippen molar-refractivity contribution in [3.05, 3.63) is 36.0 Å². The summed E-state index contributed by atoms with van der Waals surface area (Å²) in [6.07, 6.45) is 4.64. The average Bonchev–Trinajstić information content (AvgIpc) is 2.66. The molecule has 2 heterocycles. The van der Waals surface area contributed by atoms with E-state index in [9.17, 15) is 4.79 Å². The fourth-order valence-electron chi connectivity index (χ4n) is 3.85. The number of carbonyl (C=O) groups is 1. The van der Waals surface area contributed by atoms with Crippen LogP contribution in [0.3, 0.4) is 0 Å². The number of carbonyl (C=O) groups excluding carboxylic acids is 1. The predicted molar refractivity (Wildman–Crippen MR) is 91.3 cm³/mol. The first-order chi connectivity index (χ1) is 11.8. The summed E-state index contributed by atoms with van der Waals surface area (Å²) in [5.74, 6) is 0.814. The monoisotopic (exact) mass is 326 g/mol. The first-order valence-electron chi connectivity index (χ1n) is 8.63. The molecular weight excluding hydrogens is 304 g/mol. The van der Waals surface area contributed by atoms with Crippen molar-refractivity contribution in [3.8, 4) is 5.75 Å². The van der Waals surface area contributed by atoms with Gasteiger partial charge in [0, 0.05) is 11.9 Å². The number of nitrogens with zero attached hydrogens (tertiary/aromatic N) is 2.